The van der Waals surface area contributed by atoms with Crippen LogP contribution in [-0.4, -0.2) is 77.1 Å². The first-order valence-corrected chi connectivity index (χ1v) is 12.3. The molecular weight excluding hydrogens is 521 g/mol. The molecule has 0 aromatic heterocycles. The van der Waals surface area contributed by atoms with Crippen LogP contribution in [-0.2, 0) is 23.7 Å². The Labute approximate surface area is 219 Å². The number of carbonyl (C=O) groups excluding carboxylic acids is 1. The van der Waals surface area contributed by atoms with Gasteiger partial charge >= 0.3 is 5.97 Å². The molecule has 0 heterocycles. The third kappa shape index (κ3) is 12.5. The van der Waals surface area contributed by atoms with Crippen LogP contribution >= 0.6 is 0 Å². The Morgan fingerprint density at radius 1 is 0.789 bits per heavy atom. The molecule has 1 atom stereocenters. The van der Waals surface area contributed by atoms with E-state index in [4.69, 9.17) is 24.1 Å². The number of halogens is 5. The van der Waals surface area contributed by atoms with E-state index in [1.54, 1.807) is 0 Å². The molecule has 0 radical (unpaired) electrons. The van der Waals surface area contributed by atoms with Gasteiger partial charge in [-0.15, -0.1) is 0 Å². The minimum Gasteiger partial charge on any atom is -0.420 e. The highest BCUT2D eigenvalue weighted by Gasteiger charge is 2.28. The molecule has 0 fully saturated rings. The fourth-order valence-electron chi connectivity index (χ4n) is 2.94. The minimum atomic E-state index is -2.34. The van der Waals surface area contributed by atoms with Crippen molar-refractivity contribution in [3.63, 3.8) is 0 Å². The molecule has 0 aliphatic rings. The molecule has 1 rings (SSSR count). The van der Waals surface area contributed by atoms with Crippen molar-refractivity contribution in [2.75, 3.05) is 66.0 Å². The van der Waals surface area contributed by atoms with Crippen LogP contribution in [0.3, 0.4) is 0 Å². The van der Waals surface area contributed by atoms with E-state index in [0.29, 0.717) is 51.9 Å². The van der Waals surface area contributed by atoms with Gasteiger partial charge in [0.2, 0.25) is 34.8 Å². The molecule has 0 aliphatic carbocycles. The largest absolute Gasteiger partial charge is 0.420 e. The van der Waals surface area contributed by atoms with Crippen molar-refractivity contribution in [3.8, 4) is 5.75 Å². The van der Waals surface area contributed by atoms with E-state index in [1.807, 2.05) is 6.20 Å². The molecule has 1 aromatic carbocycles. The fraction of sp³-hybridized carbons (Fsp3) is 0.640. The van der Waals surface area contributed by atoms with Crippen LogP contribution in [0.4, 0.5) is 22.0 Å². The lowest BCUT2D eigenvalue weighted by molar-refractivity contribution is -0.136. The van der Waals surface area contributed by atoms with Gasteiger partial charge in [-0.05, 0) is 30.5 Å². The Bertz CT molecular complexity index is 844. The summed E-state index contributed by atoms with van der Waals surface area (Å²) in [5, 5.41) is 12.3. The van der Waals surface area contributed by atoms with Gasteiger partial charge in [0.05, 0.1) is 59.3 Å². The van der Waals surface area contributed by atoms with Crippen molar-refractivity contribution in [2.45, 2.75) is 33.1 Å². The summed E-state index contributed by atoms with van der Waals surface area (Å²) in [6.45, 7) is 7.00. The summed E-state index contributed by atoms with van der Waals surface area (Å²) in [6, 6.07) is 0. The topological polar surface area (TPSA) is 95.5 Å². The van der Waals surface area contributed by atoms with Crippen molar-refractivity contribution >= 4 is 5.97 Å². The molecule has 1 aromatic rings. The van der Waals surface area contributed by atoms with Crippen molar-refractivity contribution in [2.24, 2.45) is 5.92 Å². The Hall–Kier alpha value is -2.32. The first kappa shape index (κ1) is 33.7. The number of rotatable bonds is 21. The second-order valence-electron chi connectivity index (χ2n) is 8.03. The van der Waals surface area contributed by atoms with Crippen LogP contribution in [0, 0.1) is 35.0 Å². The highest BCUT2D eigenvalue weighted by atomic mass is 19.2. The van der Waals surface area contributed by atoms with Crippen molar-refractivity contribution < 1.29 is 55.5 Å². The number of benzene rings is 1. The number of hydrogen-bond donors (Lipinski definition) is 2. The molecule has 0 bridgehead atoms. The van der Waals surface area contributed by atoms with E-state index in [-0.39, 0.29) is 26.4 Å². The monoisotopic (exact) mass is 557 g/mol. The Morgan fingerprint density at radius 2 is 1.26 bits per heavy atom. The summed E-state index contributed by atoms with van der Waals surface area (Å²) in [6.07, 6.45) is 3.12. The number of ether oxygens (including phenoxy) is 5. The lowest BCUT2D eigenvalue weighted by Gasteiger charge is -2.14. The van der Waals surface area contributed by atoms with Crippen LogP contribution in [0.1, 0.15) is 33.1 Å². The first-order valence-electron chi connectivity index (χ1n) is 12.3. The lowest BCUT2D eigenvalue weighted by Crippen LogP contribution is -2.18. The molecule has 0 aliphatic heterocycles. The van der Waals surface area contributed by atoms with Crippen LogP contribution in [0.15, 0.2) is 11.8 Å². The highest BCUT2D eigenvalue weighted by Crippen LogP contribution is 2.29. The zero-order valence-electron chi connectivity index (χ0n) is 21.6. The van der Waals surface area contributed by atoms with Gasteiger partial charge in [-0.3, -0.25) is 4.79 Å². The van der Waals surface area contributed by atoms with Crippen LogP contribution < -0.4 is 10.1 Å². The maximum Gasteiger partial charge on any atom is 0.313 e. The Morgan fingerprint density at radius 3 is 1.76 bits per heavy atom. The molecule has 0 saturated carbocycles. The molecule has 13 heteroatoms. The van der Waals surface area contributed by atoms with Gasteiger partial charge in [-0.1, -0.05) is 13.8 Å². The van der Waals surface area contributed by atoms with Crippen LogP contribution in [0.2, 0.25) is 0 Å². The molecule has 8 nitrogen and oxygen atoms in total. The van der Waals surface area contributed by atoms with Crippen LogP contribution in [0.5, 0.6) is 5.75 Å². The van der Waals surface area contributed by atoms with E-state index in [9.17, 15) is 26.7 Å². The Balaban J connectivity index is 2.00. The zero-order chi connectivity index (χ0) is 28.3. The van der Waals surface area contributed by atoms with Gasteiger partial charge in [-0.2, -0.15) is 8.78 Å². The highest BCUT2D eigenvalue weighted by molar-refractivity contribution is 5.72. The average molecular weight is 558 g/mol. The maximum atomic E-state index is 13.5. The lowest BCUT2D eigenvalue weighted by atomic mass is 9.97. The summed E-state index contributed by atoms with van der Waals surface area (Å²) in [7, 11) is 0. The van der Waals surface area contributed by atoms with E-state index < -0.39 is 47.2 Å². The van der Waals surface area contributed by atoms with E-state index in [1.165, 1.54) is 5.57 Å². The van der Waals surface area contributed by atoms with Crippen LogP contribution in [0.25, 0.3) is 0 Å². The minimum absolute atomic E-state index is 0.0947. The van der Waals surface area contributed by atoms with E-state index in [2.05, 4.69) is 23.9 Å². The SMILES string of the molecule is CCC(C)/C(=C\NCCOCCOCCOCCOCCC(=O)Oc1c(F)c(F)c(F)c(F)c1F)CCO. The third-order valence-electron chi connectivity index (χ3n) is 5.28. The van der Waals surface area contributed by atoms with Crippen molar-refractivity contribution in [1.29, 1.82) is 0 Å². The average Bonchev–Trinajstić information content (AvgIpc) is 2.91. The summed E-state index contributed by atoms with van der Waals surface area (Å²) < 4.78 is 91.6. The fourth-order valence-corrected chi connectivity index (χ4v) is 2.94. The zero-order valence-corrected chi connectivity index (χ0v) is 21.6. The molecular formula is C25H36F5NO7. The molecule has 0 spiro atoms. The standard InChI is InChI=1S/C25H36F5NO7/c1-3-17(2)18(4-7-32)16-31-6-9-35-11-13-37-15-14-36-12-10-34-8-5-19(33)38-25-23(29)21(27)20(26)22(28)24(25)30/h16-17,31-32H,3-15H2,1-2H3/b18-16-. The number of carbonyl (C=O) groups is 1. The van der Waals surface area contributed by atoms with Gasteiger partial charge in [-0.25, -0.2) is 13.2 Å². The summed E-state index contributed by atoms with van der Waals surface area (Å²) in [4.78, 5) is 11.6. The normalized spacial score (nSPS) is 12.6. The van der Waals surface area contributed by atoms with Gasteiger partial charge < -0.3 is 34.1 Å². The van der Waals surface area contributed by atoms with Gasteiger partial charge in [0.1, 0.15) is 0 Å². The van der Waals surface area contributed by atoms with E-state index >= 15 is 0 Å². The quantitative estimate of drug-likeness (QED) is 0.0591. The van der Waals surface area contributed by atoms with Crippen molar-refractivity contribution in [3.05, 3.63) is 40.9 Å². The summed E-state index contributed by atoms with van der Waals surface area (Å²) in [5.74, 6) is -13.7. The molecule has 0 amide bonds. The summed E-state index contributed by atoms with van der Waals surface area (Å²) in [5.41, 5.74) is 1.18. The predicted octanol–water partition coefficient (Wildman–Crippen LogP) is 3.65. The van der Waals surface area contributed by atoms with Gasteiger partial charge in [0.15, 0.2) is 0 Å². The predicted molar refractivity (Wildman–Crippen MR) is 127 cm³/mol. The number of esters is 1. The molecule has 218 valence electrons. The van der Waals surface area contributed by atoms with Crippen molar-refractivity contribution in [1.82, 2.24) is 5.32 Å². The number of aliphatic hydroxyl groups excluding tert-OH is 1. The van der Waals surface area contributed by atoms with Gasteiger partial charge in [0, 0.05) is 13.2 Å². The smallest absolute Gasteiger partial charge is 0.313 e. The molecule has 38 heavy (non-hydrogen) atoms. The number of hydrogen-bond acceptors (Lipinski definition) is 8. The number of aliphatic hydroxyl groups is 1. The maximum absolute atomic E-state index is 13.5. The molecule has 2 N–H and O–H groups in total. The second-order valence-corrected chi connectivity index (χ2v) is 8.03. The van der Waals surface area contributed by atoms with Gasteiger partial charge in [0.25, 0.3) is 0 Å². The number of nitrogens with one attached hydrogen (secondary N) is 1. The Kier molecular flexibility index (Phi) is 17.5. The molecule has 1 unspecified atom stereocenters. The second kappa shape index (κ2) is 19.7. The first-order chi connectivity index (χ1) is 18.2. The summed E-state index contributed by atoms with van der Waals surface area (Å²) >= 11 is 0. The third-order valence-corrected chi connectivity index (χ3v) is 5.28. The molecule has 0 saturated heterocycles. The van der Waals surface area contributed by atoms with E-state index in [0.717, 1.165) is 6.42 Å².